The maximum absolute atomic E-state index is 12.4. The van der Waals surface area contributed by atoms with Crippen molar-refractivity contribution in [3.8, 4) is 0 Å². The van der Waals surface area contributed by atoms with Crippen LogP contribution in [0.25, 0.3) is 0 Å². The third kappa shape index (κ3) is 1.96. The smallest absolute Gasteiger partial charge is 0.266 e. The largest absolute Gasteiger partial charge is 0.268 e. The van der Waals surface area contributed by atoms with Gasteiger partial charge in [-0.3, -0.25) is 9.59 Å². The summed E-state index contributed by atoms with van der Waals surface area (Å²) in [7, 11) is 0. The van der Waals surface area contributed by atoms with Gasteiger partial charge in [-0.25, -0.2) is 4.90 Å². The van der Waals surface area contributed by atoms with Crippen LogP contribution in [0.3, 0.4) is 0 Å². The molecule has 2 aromatic rings. The highest BCUT2D eigenvalue weighted by Crippen LogP contribution is 2.35. The molecule has 0 bridgehead atoms. The lowest BCUT2D eigenvalue weighted by atomic mass is 10.1. The zero-order valence-electron chi connectivity index (χ0n) is 10.5. The van der Waals surface area contributed by atoms with E-state index in [2.05, 4.69) is 15.9 Å². The van der Waals surface area contributed by atoms with E-state index in [0.29, 0.717) is 26.3 Å². The van der Waals surface area contributed by atoms with Gasteiger partial charge in [-0.2, -0.15) is 0 Å². The van der Waals surface area contributed by atoms with Gasteiger partial charge in [0.25, 0.3) is 11.8 Å². The molecule has 2 aromatic carbocycles. The Bertz CT molecular complexity index is 758. The van der Waals surface area contributed by atoms with Gasteiger partial charge in [0, 0.05) is 9.50 Å². The molecule has 5 heteroatoms. The molecule has 0 fully saturated rings. The molecular weight excluding hydrogens is 342 g/mol. The third-order valence-electron chi connectivity index (χ3n) is 3.19. The molecule has 0 saturated carbocycles. The van der Waals surface area contributed by atoms with Crippen LogP contribution in [0.15, 0.2) is 40.9 Å². The van der Waals surface area contributed by atoms with Crippen molar-refractivity contribution in [2.75, 3.05) is 4.90 Å². The highest BCUT2D eigenvalue weighted by molar-refractivity contribution is 9.10. The molecule has 0 aromatic heterocycles. The van der Waals surface area contributed by atoms with Gasteiger partial charge in [-0.1, -0.05) is 23.2 Å². The number of carbonyl (C=O) groups excluding carboxylic acids is 2. The van der Waals surface area contributed by atoms with E-state index in [-0.39, 0.29) is 11.8 Å². The Morgan fingerprint density at radius 3 is 2.40 bits per heavy atom. The number of hydrogen-bond donors (Lipinski definition) is 0. The van der Waals surface area contributed by atoms with Crippen molar-refractivity contribution in [3.63, 3.8) is 0 Å². The van der Waals surface area contributed by atoms with Gasteiger partial charge in [0.1, 0.15) is 0 Å². The maximum atomic E-state index is 12.4. The Balaban J connectivity index is 2.14. The lowest BCUT2D eigenvalue weighted by Gasteiger charge is -2.15. The van der Waals surface area contributed by atoms with Crippen LogP contribution in [0.5, 0.6) is 0 Å². The molecule has 0 saturated heterocycles. The number of nitrogens with zero attached hydrogens (tertiary/aromatic N) is 1. The van der Waals surface area contributed by atoms with Crippen LogP contribution in [-0.4, -0.2) is 11.8 Å². The van der Waals surface area contributed by atoms with Gasteiger partial charge in [0.2, 0.25) is 0 Å². The first kappa shape index (κ1) is 13.3. The van der Waals surface area contributed by atoms with Gasteiger partial charge in [-0.15, -0.1) is 0 Å². The first-order chi connectivity index (χ1) is 9.49. The first-order valence-corrected chi connectivity index (χ1v) is 7.10. The minimum atomic E-state index is -0.312. The van der Waals surface area contributed by atoms with Crippen molar-refractivity contribution in [2.45, 2.75) is 6.92 Å². The number of hydrogen-bond acceptors (Lipinski definition) is 2. The number of halogens is 2. The van der Waals surface area contributed by atoms with Crippen molar-refractivity contribution < 1.29 is 9.59 Å². The predicted octanol–water partition coefficient (Wildman–Crippen LogP) is 4.21. The number of benzene rings is 2. The fourth-order valence-electron chi connectivity index (χ4n) is 2.24. The molecule has 2 amide bonds. The molecule has 3 rings (SSSR count). The Morgan fingerprint density at radius 1 is 1.00 bits per heavy atom. The number of amides is 2. The van der Waals surface area contributed by atoms with Gasteiger partial charge in [-0.05, 0) is 53.2 Å². The summed E-state index contributed by atoms with van der Waals surface area (Å²) >= 11 is 9.23. The molecule has 1 heterocycles. The minimum Gasteiger partial charge on any atom is -0.268 e. The van der Waals surface area contributed by atoms with Crippen LogP contribution in [0.1, 0.15) is 26.3 Å². The Morgan fingerprint density at radius 2 is 1.70 bits per heavy atom. The second kappa shape index (κ2) is 4.72. The van der Waals surface area contributed by atoms with E-state index in [0.717, 1.165) is 5.56 Å². The van der Waals surface area contributed by atoms with Crippen molar-refractivity contribution in [2.24, 2.45) is 0 Å². The molecule has 100 valence electrons. The molecule has 0 radical (unpaired) electrons. The number of aryl methyl sites for hydroxylation is 1. The Hall–Kier alpha value is -1.65. The van der Waals surface area contributed by atoms with Crippen LogP contribution in [0.4, 0.5) is 5.69 Å². The molecule has 1 aliphatic rings. The standard InChI is InChI=1S/C15H9BrClNO2/c1-8-2-4-10-11(6-8)15(20)18(14(10)19)13-5-3-9(17)7-12(13)16/h2-7H,1H3. The number of rotatable bonds is 1. The van der Waals surface area contributed by atoms with Crippen LogP contribution in [-0.2, 0) is 0 Å². The van der Waals surface area contributed by atoms with E-state index in [9.17, 15) is 9.59 Å². The number of carbonyl (C=O) groups is 2. The lowest BCUT2D eigenvalue weighted by molar-refractivity contribution is 0.0926. The van der Waals surface area contributed by atoms with Crippen LogP contribution in [0.2, 0.25) is 5.02 Å². The number of imide groups is 1. The fourth-order valence-corrected chi connectivity index (χ4v) is 3.10. The zero-order chi connectivity index (χ0) is 14.4. The van der Waals surface area contributed by atoms with Gasteiger partial charge in [0.05, 0.1) is 16.8 Å². The van der Waals surface area contributed by atoms with Crippen molar-refractivity contribution in [1.82, 2.24) is 0 Å². The molecule has 0 N–H and O–H groups in total. The number of anilines is 1. The normalized spacial score (nSPS) is 13.8. The van der Waals surface area contributed by atoms with Gasteiger partial charge >= 0.3 is 0 Å². The third-order valence-corrected chi connectivity index (χ3v) is 4.06. The molecule has 0 spiro atoms. The average molecular weight is 351 g/mol. The second-order valence-corrected chi connectivity index (χ2v) is 5.88. The summed E-state index contributed by atoms with van der Waals surface area (Å²) in [4.78, 5) is 26.0. The summed E-state index contributed by atoms with van der Waals surface area (Å²) < 4.78 is 0.608. The summed E-state index contributed by atoms with van der Waals surface area (Å²) in [6.45, 7) is 1.89. The minimum absolute atomic E-state index is 0.309. The quantitative estimate of drug-likeness (QED) is 0.722. The molecule has 1 aliphatic heterocycles. The number of fused-ring (bicyclic) bond motifs is 1. The van der Waals surface area contributed by atoms with Crippen molar-refractivity contribution in [1.29, 1.82) is 0 Å². The fraction of sp³-hybridized carbons (Fsp3) is 0.0667. The summed E-state index contributed by atoms with van der Waals surface area (Å²) in [5.74, 6) is -0.621. The van der Waals surface area contributed by atoms with E-state index in [1.807, 2.05) is 13.0 Å². The first-order valence-electron chi connectivity index (χ1n) is 5.93. The molecular formula is C15H9BrClNO2. The van der Waals surface area contributed by atoms with E-state index in [1.165, 1.54) is 4.90 Å². The van der Waals surface area contributed by atoms with Crippen LogP contribution in [0, 0.1) is 6.92 Å². The summed E-state index contributed by atoms with van der Waals surface area (Å²) in [6.07, 6.45) is 0. The van der Waals surface area contributed by atoms with E-state index in [4.69, 9.17) is 11.6 Å². The van der Waals surface area contributed by atoms with Gasteiger partial charge < -0.3 is 0 Å². The lowest BCUT2D eigenvalue weighted by Crippen LogP contribution is -2.29. The Labute approximate surface area is 129 Å². The predicted molar refractivity (Wildman–Crippen MR) is 81.5 cm³/mol. The average Bonchev–Trinajstić information content (AvgIpc) is 2.63. The summed E-state index contributed by atoms with van der Waals surface area (Å²) in [6, 6.07) is 10.2. The topological polar surface area (TPSA) is 37.4 Å². The summed E-state index contributed by atoms with van der Waals surface area (Å²) in [5.41, 5.74) is 2.32. The van der Waals surface area contributed by atoms with E-state index in [1.54, 1.807) is 30.3 Å². The highest BCUT2D eigenvalue weighted by Gasteiger charge is 2.37. The van der Waals surface area contributed by atoms with Crippen molar-refractivity contribution in [3.05, 3.63) is 62.6 Å². The van der Waals surface area contributed by atoms with Gasteiger partial charge in [0.15, 0.2) is 0 Å². The summed E-state index contributed by atoms with van der Waals surface area (Å²) in [5, 5.41) is 0.535. The van der Waals surface area contributed by atoms with Crippen LogP contribution < -0.4 is 4.90 Å². The van der Waals surface area contributed by atoms with E-state index >= 15 is 0 Å². The molecule has 0 atom stereocenters. The zero-order valence-corrected chi connectivity index (χ0v) is 12.8. The molecule has 0 aliphatic carbocycles. The monoisotopic (exact) mass is 349 g/mol. The highest BCUT2D eigenvalue weighted by atomic mass is 79.9. The van der Waals surface area contributed by atoms with E-state index < -0.39 is 0 Å². The Kier molecular flexibility index (Phi) is 3.15. The molecule has 3 nitrogen and oxygen atoms in total. The SMILES string of the molecule is Cc1ccc2c(c1)C(=O)N(c1ccc(Cl)cc1Br)C2=O. The second-order valence-electron chi connectivity index (χ2n) is 4.59. The maximum Gasteiger partial charge on any atom is 0.266 e. The molecule has 0 unspecified atom stereocenters. The van der Waals surface area contributed by atoms with Crippen LogP contribution >= 0.6 is 27.5 Å². The van der Waals surface area contributed by atoms with Crippen molar-refractivity contribution >= 4 is 45.0 Å². The molecule has 20 heavy (non-hydrogen) atoms.